The van der Waals surface area contributed by atoms with E-state index >= 15 is 0 Å². The van der Waals surface area contributed by atoms with Crippen molar-refractivity contribution in [1.82, 2.24) is 5.32 Å². The summed E-state index contributed by atoms with van der Waals surface area (Å²) in [5, 5.41) is 7.28. The third-order valence-corrected chi connectivity index (χ3v) is 4.36. The zero-order valence-corrected chi connectivity index (χ0v) is 14.0. The molecule has 1 heterocycles. The van der Waals surface area contributed by atoms with Crippen LogP contribution in [0.1, 0.15) is 18.1 Å². The van der Waals surface area contributed by atoms with Crippen LogP contribution in [-0.2, 0) is 17.9 Å². The molecule has 120 valence electrons. The Hall–Kier alpha value is -1.75. The molecule has 0 fully saturated rings. The van der Waals surface area contributed by atoms with E-state index in [1.54, 1.807) is 13.0 Å². The van der Waals surface area contributed by atoms with Crippen LogP contribution in [0.15, 0.2) is 36.4 Å². The Morgan fingerprint density at radius 1 is 1.09 bits per heavy atom. The van der Waals surface area contributed by atoms with E-state index in [9.17, 15) is 4.79 Å². The second-order valence-corrected chi connectivity index (χ2v) is 6.25. The number of hydrogen-bond donors (Lipinski definition) is 2. The van der Waals surface area contributed by atoms with Gasteiger partial charge >= 0.3 is 0 Å². The average molecular weight is 351 g/mol. The van der Waals surface area contributed by atoms with Gasteiger partial charge in [0.15, 0.2) is 6.10 Å². The minimum atomic E-state index is -0.457. The number of carbonyl (C=O) groups excluding carboxylic acids is 1. The lowest BCUT2D eigenvalue weighted by molar-refractivity contribution is -0.122. The van der Waals surface area contributed by atoms with Crippen molar-refractivity contribution in [1.29, 1.82) is 0 Å². The van der Waals surface area contributed by atoms with Crippen molar-refractivity contribution in [2.24, 2.45) is 0 Å². The molecule has 0 bridgehead atoms. The first kappa shape index (κ1) is 16.1. The number of rotatable bonds is 4. The molecule has 0 spiro atoms. The molecule has 4 nitrogen and oxygen atoms in total. The standard InChI is InChI=1S/C17H16Cl2N2O2/c1-10-17(22)21-15-7-12(3-5-16(15)23-10)9-20-8-11-2-4-13(18)14(19)6-11/h2-7,10,20H,8-9H2,1H3,(H,21,22). The summed E-state index contributed by atoms with van der Waals surface area (Å²) < 4.78 is 5.54. The third-order valence-electron chi connectivity index (χ3n) is 3.62. The maximum absolute atomic E-state index is 11.7. The van der Waals surface area contributed by atoms with E-state index in [1.807, 2.05) is 30.3 Å². The van der Waals surface area contributed by atoms with Crippen molar-refractivity contribution in [2.75, 3.05) is 5.32 Å². The Morgan fingerprint density at radius 2 is 1.78 bits per heavy atom. The van der Waals surface area contributed by atoms with Crippen LogP contribution in [0.2, 0.25) is 10.0 Å². The molecule has 6 heteroatoms. The Morgan fingerprint density at radius 3 is 2.52 bits per heavy atom. The Bertz CT molecular complexity index is 749. The molecular formula is C17H16Cl2N2O2. The predicted octanol–water partition coefficient (Wildman–Crippen LogP) is 4.00. The summed E-state index contributed by atoms with van der Waals surface area (Å²) in [6, 6.07) is 11.3. The third kappa shape index (κ3) is 3.78. The zero-order chi connectivity index (χ0) is 16.4. The normalized spacial score (nSPS) is 16.5. The molecule has 0 aromatic heterocycles. The first-order valence-electron chi connectivity index (χ1n) is 7.28. The number of anilines is 1. The Labute approximate surface area is 144 Å². The van der Waals surface area contributed by atoms with Gasteiger partial charge < -0.3 is 15.4 Å². The van der Waals surface area contributed by atoms with Gasteiger partial charge in [-0.3, -0.25) is 4.79 Å². The van der Waals surface area contributed by atoms with Gasteiger partial charge in [0.2, 0.25) is 0 Å². The Kier molecular flexibility index (Phi) is 4.76. The van der Waals surface area contributed by atoms with Gasteiger partial charge in [-0.25, -0.2) is 0 Å². The van der Waals surface area contributed by atoms with Crippen LogP contribution in [-0.4, -0.2) is 12.0 Å². The van der Waals surface area contributed by atoms with Gasteiger partial charge in [-0.05, 0) is 42.3 Å². The predicted molar refractivity (Wildman–Crippen MR) is 92.2 cm³/mol. The highest BCUT2D eigenvalue weighted by Gasteiger charge is 2.23. The minimum absolute atomic E-state index is 0.126. The SMILES string of the molecule is CC1Oc2ccc(CNCc3ccc(Cl)c(Cl)c3)cc2NC1=O. The molecule has 0 saturated carbocycles. The molecule has 2 aromatic carbocycles. The van der Waals surface area contributed by atoms with Gasteiger partial charge in [0.1, 0.15) is 5.75 Å². The molecule has 1 unspecified atom stereocenters. The second kappa shape index (κ2) is 6.79. The van der Waals surface area contributed by atoms with Crippen molar-refractivity contribution < 1.29 is 9.53 Å². The molecule has 2 N–H and O–H groups in total. The van der Waals surface area contributed by atoms with Gasteiger partial charge in [-0.1, -0.05) is 35.3 Å². The zero-order valence-electron chi connectivity index (χ0n) is 12.5. The van der Waals surface area contributed by atoms with E-state index in [0.29, 0.717) is 34.6 Å². The molecule has 0 saturated heterocycles. The van der Waals surface area contributed by atoms with Crippen LogP contribution in [0, 0.1) is 0 Å². The van der Waals surface area contributed by atoms with Crippen LogP contribution in [0.4, 0.5) is 5.69 Å². The van der Waals surface area contributed by atoms with Gasteiger partial charge in [0.25, 0.3) is 5.91 Å². The van der Waals surface area contributed by atoms with Gasteiger partial charge in [-0.2, -0.15) is 0 Å². The van der Waals surface area contributed by atoms with Crippen LogP contribution < -0.4 is 15.4 Å². The molecule has 0 aliphatic carbocycles. The summed E-state index contributed by atoms with van der Waals surface area (Å²) in [6.07, 6.45) is -0.457. The summed E-state index contributed by atoms with van der Waals surface area (Å²) in [6.45, 7) is 3.07. The number of amides is 1. The van der Waals surface area contributed by atoms with Crippen molar-refractivity contribution in [3.63, 3.8) is 0 Å². The summed E-state index contributed by atoms with van der Waals surface area (Å²) >= 11 is 11.9. The lowest BCUT2D eigenvalue weighted by atomic mass is 10.1. The largest absolute Gasteiger partial charge is 0.479 e. The molecule has 1 amide bonds. The fraction of sp³-hybridized carbons (Fsp3) is 0.235. The second-order valence-electron chi connectivity index (χ2n) is 5.43. The minimum Gasteiger partial charge on any atom is -0.479 e. The van der Waals surface area contributed by atoms with E-state index in [0.717, 1.165) is 11.1 Å². The number of benzene rings is 2. The molecule has 0 radical (unpaired) electrons. The number of fused-ring (bicyclic) bond motifs is 1. The van der Waals surface area contributed by atoms with Gasteiger partial charge in [0.05, 0.1) is 15.7 Å². The maximum atomic E-state index is 11.7. The van der Waals surface area contributed by atoms with E-state index in [2.05, 4.69) is 10.6 Å². The molecule has 3 rings (SSSR count). The smallest absolute Gasteiger partial charge is 0.265 e. The highest BCUT2D eigenvalue weighted by molar-refractivity contribution is 6.42. The molecule has 1 aliphatic rings. The quantitative estimate of drug-likeness (QED) is 0.875. The fourth-order valence-corrected chi connectivity index (χ4v) is 2.69. The number of halogens is 2. The van der Waals surface area contributed by atoms with E-state index in [-0.39, 0.29) is 5.91 Å². The number of ether oxygens (including phenoxy) is 1. The Balaban J connectivity index is 1.62. The van der Waals surface area contributed by atoms with Crippen molar-refractivity contribution in [2.45, 2.75) is 26.1 Å². The molecule has 23 heavy (non-hydrogen) atoms. The van der Waals surface area contributed by atoms with Crippen molar-refractivity contribution in [3.8, 4) is 5.75 Å². The van der Waals surface area contributed by atoms with Crippen LogP contribution in [0.5, 0.6) is 5.75 Å². The lowest BCUT2D eigenvalue weighted by Gasteiger charge is -2.23. The molecule has 1 aliphatic heterocycles. The van der Waals surface area contributed by atoms with E-state index in [1.165, 1.54) is 0 Å². The number of hydrogen-bond acceptors (Lipinski definition) is 3. The number of nitrogens with one attached hydrogen (secondary N) is 2. The highest BCUT2D eigenvalue weighted by Crippen LogP contribution is 2.30. The van der Waals surface area contributed by atoms with Crippen LogP contribution >= 0.6 is 23.2 Å². The van der Waals surface area contributed by atoms with Crippen molar-refractivity contribution in [3.05, 3.63) is 57.6 Å². The first-order valence-corrected chi connectivity index (χ1v) is 8.03. The fourth-order valence-electron chi connectivity index (χ4n) is 2.37. The monoisotopic (exact) mass is 350 g/mol. The molecular weight excluding hydrogens is 335 g/mol. The summed E-state index contributed by atoms with van der Waals surface area (Å²) in [5.74, 6) is 0.573. The molecule has 1 atom stereocenters. The summed E-state index contributed by atoms with van der Waals surface area (Å²) in [7, 11) is 0. The highest BCUT2D eigenvalue weighted by atomic mass is 35.5. The topological polar surface area (TPSA) is 50.4 Å². The lowest BCUT2D eigenvalue weighted by Crippen LogP contribution is -2.34. The van der Waals surface area contributed by atoms with Crippen LogP contribution in [0.25, 0.3) is 0 Å². The first-order chi connectivity index (χ1) is 11.0. The van der Waals surface area contributed by atoms with Crippen LogP contribution in [0.3, 0.4) is 0 Å². The van der Waals surface area contributed by atoms with E-state index in [4.69, 9.17) is 27.9 Å². The maximum Gasteiger partial charge on any atom is 0.265 e. The van der Waals surface area contributed by atoms with E-state index < -0.39 is 6.10 Å². The number of carbonyl (C=O) groups is 1. The van der Waals surface area contributed by atoms with Gasteiger partial charge in [0, 0.05) is 13.1 Å². The molecule has 2 aromatic rings. The van der Waals surface area contributed by atoms with Gasteiger partial charge in [-0.15, -0.1) is 0 Å². The van der Waals surface area contributed by atoms with Crippen molar-refractivity contribution >= 4 is 34.8 Å². The summed E-state index contributed by atoms with van der Waals surface area (Å²) in [4.78, 5) is 11.7. The summed E-state index contributed by atoms with van der Waals surface area (Å²) in [5.41, 5.74) is 2.83. The average Bonchev–Trinajstić information content (AvgIpc) is 2.52.